The first-order valence-corrected chi connectivity index (χ1v) is 5.37. The number of benzene rings is 1. The summed E-state index contributed by atoms with van der Waals surface area (Å²) >= 11 is 0. The van der Waals surface area contributed by atoms with Gasteiger partial charge in [-0.05, 0) is 17.7 Å². The third-order valence-corrected chi connectivity index (χ3v) is 2.30. The molecule has 6 heteroatoms. The molecule has 0 fully saturated rings. The van der Waals surface area contributed by atoms with Crippen LogP contribution in [0, 0.1) is 0 Å². The fourth-order valence-corrected chi connectivity index (χ4v) is 1.33. The summed E-state index contributed by atoms with van der Waals surface area (Å²) in [5, 5.41) is 27.3. The highest BCUT2D eigenvalue weighted by Gasteiger charge is 2.22. The summed E-state index contributed by atoms with van der Waals surface area (Å²) in [5.74, 6) is -2.51. The van der Waals surface area contributed by atoms with Crippen molar-refractivity contribution >= 4 is 11.9 Å². The number of ether oxygens (including phenoxy) is 1. The minimum Gasteiger partial charge on any atom is -0.504 e. The van der Waals surface area contributed by atoms with Crippen molar-refractivity contribution < 1.29 is 29.6 Å². The fraction of sp³-hybridized carbons (Fsp3) is 0.333. The van der Waals surface area contributed by atoms with Crippen molar-refractivity contribution in [1.82, 2.24) is 0 Å². The van der Waals surface area contributed by atoms with Crippen molar-refractivity contribution in [2.45, 2.75) is 25.9 Å². The predicted molar refractivity (Wildman–Crippen MR) is 61.3 cm³/mol. The van der Waals surface area contributed by atoms with Gasteiger partial charge in [0.2, 0.25) is 6.10 Å². The second-order valence-electron chi connectivity index (χ2n) is 3.70. The Morgan fingerprint density at radius 1 is 1.28 bits per heavy atom. The molecule has 0 bridgehead atoms. The Hall–Kier alpha value is -2.24. The van der Waals surface area contributed by atoms with Crippen LogP contribution in [0.4, 0.5) is 0 Å². The fourth-order valence-electron chi connectivity index (χ4n) is 1.33. The normalized spacial score (nSPS) is 11.8. The maximum atomic E-state index is 11.1. The molecule has 0 aliphatic rings. The zero-order valence-electron chi connectivity index (χ0n) is 9.79. The van der Waals surface area contributed by atoms with Crippen LogP contribution in [-0.4, -0.2) is 33.4 Å². The van der Waals surface area contributed by atoms with Gasteiger partial charge in [0.05, 0.1) is 0 Å². The molecule has 1 rings (SSSR count). The third kappa shape index (κ3) is 3.65. The minimum absolute atomic E-state index is 0.0745. The molecule has 3 N–H and O–H groups in total. The molecule has 0 radical (unpaired) electrons. The van der Waals surface area contributed by atoms with Crippen LogP contribution in [0.15, 0.2) is 18.2 Å². The van der Waals surface area contributed by atoms with E-state index in [-0.39, 0.29) is 24.3 Å². The van der Waals surface area contributed by atoms with Gasteiger partial charge in [0.15, 0.2) is 11.5 Å². The number of phenols is 2. The Bertz CT molecular complexity index is 454. The summed E-state index contributed by atoms with van der Waals surface area (Å²) in [4.78, 5) is 22.0. The van der Waals surface area contributed by atoms with Crippen LogP contribution in [0.2, 0.25) is 0 Å². The number of phenolic OH excluding ortho intramolecular Hbond substituents is 2. The van der Waals surface area contributed by atoms with Crippen molar-refractivity contribution in [2.75, 3.05) is 0 Å². The summed E-state index contributed by atoms with van der Waals surface area (Å²) < 4.78 is 4.75. The van der Waals surface area contributed by atoms with E-state index >= 15 is 0 Å². The van der Waals surface area contributed by atoms with Crippen molar-refractivity contribution in [3.05, 3.63) is 23.8 Å². The first-order valence-electron chi connectivity index (χ1n) is 5.37. The van der Waals surface area contributed by atoms with Crippen LogP contribution >= 0.6 is 0 Å². The van der Waals surface area contributed by atoms with E-state index < -0.39 is 18.0 Å². The van der Waals surface area contributed by atoms with Gasteiger partial charge < -0.3 is 20.1 Å². The van der Waals surface area contributed by atoms with Gasteiger partial charge in [-0.2, -0.15) is 0 Å². The molecule has 0 heterocycles. The standard InChI is InChI=1S/C12H14O6/c1-2-11(15)18-10(12(16)17)6-7-3-4-8(13)9(14)5-7/h3-5,10,13-14H,2,6H2,1H3,(H,16,17)/t10-/m1/s1. The lowest BCUT2D eigenvalue weighted by atomic mass is 10.1. The number of carboxylic acids is 1. The van der Waals surface area contributed by atoms with Gasteiger partial charge in [0.25, 0.3) is 0 Å². The Kier molecular flexibility index (Phi) is 4.53. The van der Waals surface area contributed by atoms with E-state index in [0.29, 0.717) is 5.56 Å². The van der Waals surface area contributed by atoms with Gasteiger partial charge in [-0.25, -0.2) is 4.79 Å². The van der Waals surface area contributed by atoms with E-state index in [4.69, 9.17) is 14.9 Å². The largest absolute Gasteiger partial charge is 0.504 e. The quantitative estimate of drug-likeness (QED) is 0.536. The topological polar surface area (TPSA) is 104 Å². The molecule has 0 aliphatic carbocycles. The van der Waals surface area contributed by atoms with E-state index in [9.17, 15) is 14.7 Å². The van der Waals surface area contributed by atoms with Gasteiger partial charge >= 0.3 is 11.9 Å². The highest BCUT2D eigenvalue weighted by molar-refractivity contribution is 5.78. The number of hydrogen-bond acceptors (Lipinski definition) is 5. The molecule has 0 aliphatic heterocycles. The van der Waals surface area contributed by atoms with Gasteiger partial charge in [0, 0.05) is 12.8 Å². The van der Waals surface area contributed by atoms with Gasteiger partial charge in [-0.3, -0.25) is 4.79 Å². The zero-order valence-corrected chi connectivity index (χ0v) is 9.79. The molecule has 0 spiro atoms. The van der Waals surface area contributed by atoms with E-state index in [1.165, 1.54) is 18.2 Å². The lowest BCUT2D eigenvalue weighted by molar-refractivity contribution is -0.163. The number of aromatic hydroxyl groups is 2. The highest BCUT2D eigenvalue weighted by Crippen LogP contribution is 2.25. The maximum Gasteiger partial charge on any atom is 0.345 e. The number of esters is 1. The molecule has 18 heavy (non-hydrogen) atoms. The van der Waals surface area contributed by atoms with Crippen molar-refractivity contribution in [3.8, 4) is 11.5 Å². The summed E-state index contributed by atoms with van der Waals surface area (Å²) in [6.07, 6.45) is -1.29. The molecule has 1 aromatic rings. The number of hydrogen-bond donors (Lipinski definition) is 3. The van der Waals surface area contributed by atoms with Crippen LogP contribution < -0.4 is 0 Å². The lowest BCUT2D eigenvalue weighted by Crippen LogP contribution is -2.28. The molecule has 0 saturated heterocycles. The average Bonchev–Trinajstić information content (AvgIpc) is 2.32. The van der Waals surface area contributed by atoms with Crippen LogP contribution in [0.25, 0.3) is 0 Å². The number of rotatable bonds is 5. The maximum absolute atomic E-state index is 11.1. The lowest BCUT2D eigenvalue weighted by Gasteiger charge is -2.13. The van der Waals surface area contributed by atoms with Crippen LogP contribution in [0.3, 0.4) is 0 Å². The van der Waals surface area contributed by atoms with E-state index in [1.807, 2.05) is 0 Å². The summed E-state index contributed by atoms with van der Waals surface area (Å²) in [6.45, 7) is 1.56. The second kappa shape index (κ2) is 5.90. The number of carboxylic acid groups (broad SMARTS) is 1. The summed E-state index contributed by atoms with van der Waals surface area (Å²) in [5.41, 5.74) is 0.446. The number of aliphatic carboxylic acids is 1. The van der Waals surface area contributed by atoms with Crippen molar-refractivity contribution in [3.63, 3.8) is 0 Å². The van der Waals surface area contributed by atoms with Gasteiger partial charge in [0.1, 0.15) is 0 Å². The van der Waals surface area contributed by atoms with E-state index in [2.05, 4.69) is 0 Å². The Morgan fingerprint density at radius 2 is 1.94 bits per heavy atom. The van der Waals surface area contributed by atoms with Crippen LogP contribution in [-0.2, 0) is 20.7 Å². The number of carbonyl (C=O) groups is 2. The van der Waals surface area contributed by atoms with Crippen molar-refractivity contribution in [1.29, 1.82) is 0 Å². The summed E-state index contributed by atoms with van der Waals surface area (Å²) in [7, 11) is 0. The summed E-state index contributed by atoms with van der Waals surface area (Å²) in [6, 6.07) is 3.92. The molecule has 0 amide bonds. The first-order chi connectivity index (χ1) is 8.43. The average molecular weight is 254 g/mol. The molecule has 6 nitrogen and oxygen atoms in total. The minimum atomic E-state index is -1.30. The van der Waals surface area contributed by atoms with E-state index in [0.717, 1.165) is 0 Å². The Morgan fingerprint density at radius 3 is 2.44 bits per heavy atom. The van der Waals surface area contributed by atoms with Gasteiger partial charge in [-0.15, -0.1) is 0 Å². The van der Waals surface area contributed by atoms with Crippen LogP contribution in [0.5, 0.6) is 11.5 Å². The smallest absolute Gasteiger partial charge is 0.345 e. The highest BCUT2D eigenvalue weighted by atomic mass is 16.6. The third-order valence-electron chi connectivity index (χ3n) is 2.30. The van der Waals surface area contributed by atoms with Crippen LogP contribution in [0.1, 0.15) is 18.9 Å². The predicted octanol–water partition coefficient (Wildman–Crippen LogP) is 1.05. The van der Waals surface area contributed by atoms with E-state index in [1.54, 1.807) is 6.92 Å². The molecule has 0 unspecified atom stereocenters. The molecule has 1 aromatic carbocycles. The molecular weight excluding hydrogens is 240 g/mol. The molecule has 1 atom stereocenters. The van der Waals surface area contributed by atoms with Gasteiger partial charge in [-0.1, -0.05) is 13.0 Å². The second-order valence-corrected chi connectivity index (χ2v) is 3.70. The Balaban J connectivity index is 2.80. The molecule has 0 aromatic heterocycles. The molecule has 98 valence electrons. The zero-order chi connectivity index (χ0) is 13.7. The van der Waals surface area contributed by atoms with Crippen molar-refractivity contribution in [2.24, 2.45) is 0 Å². The molecular formula is C12H14O6. The monoisotopic (exact) mass is 254 g/mol. The SMILES string of the molecule is CCC(=O)O[C@H](Cc1ccc(O)c(O)c1)C(=O)O. The first kappa shape index (κ1) is 13.8. The molecule has 0 saturated carbocycles. The Labute approximate surface area is 103 Å². The number of carbonyl (C=O) groups excluding carboxylic acids is 1.